The lowest BCUT2D eigenvalue weighted by atomic mass is 9.91. The standard InChI is InChI=1S/C18H26N2O4/c1-18(2,3)24-17(23)20-8-6-13(7-9-20)4-5-14-10-15(16(21)22)12-19-11-14/h10-13H,4-9H2,1-3H3,(H,21,22). The number of carboxylic acids is 1. The van der Waals surface area contributed by atoms with Crippen LogP contribution in [0.5, 0.6) is 0 Å². The van der Waals surface area contributed by atoms with Gasteiger partial charge in [0.15, 0.2) is 0 Å². The van der Waals surface area contributed by atoms with E-state index < -0.39 is 11.6 Å². The number of hydrogen-bond donors (Lipinski definition) is 1. The van der Waals surface area contributed by atoms with E-state index in [0.29, 0.717) is 19.0 Å². The Kier molecular flexibility index (Phi) is 5.80. The van der Waals surface area contributed by atoms with Gasteiger partial charge in [0.1, 0.15) is 5.60 Å². The molecule has 24 heavy (non-hydrogen) atoms. The molecule has 1 amide bonds. The molecule has 1 aromatic heterocycles. The third kappa shape index (κ3) is 5.51. The first-order valence-electron chi connectivity index (χ1n) is 8.40. The zero-order valence-electron chi connectivity index (χ0n) is 14.6. The van der Waals surface area contributed by atoms with Gasteiger partial charge in [0.2, 0.25) is 0 Å². The van der Waals surface area contributed by atoms with Crippen LogP contribution >= 0.6 is 0 Å². The Bertz CT molecular complexity index is 587. The second kappa shape index (κ2) is 7.64. The first-order valence-corrected chi connectivity index (χ1v) is 8.40. The second-order valence-corrected chi connectivity index (χ2v) is 7.34. The molecule has 1 aliphatic rings. The van der Waals surface area contributed by atoms with Gasteiger partial charge in [0.25, 0.3) is 0 Å². The van der Waals surface area contributed by atoms with E-state index in [-0.39, 0.29) is 11.7 Å². The molecule has 0 atom stereocenters. The van der Waals surface area contributed by atoms with E-state index in [2.05, 4.69) is 4.98 Å². The Morgan fingerprint density at radius 1 is 1.29 bits per heavy atom. The Hall–Kier alpha value is -2.11. The number of ether oxygens (including phenoxy) is 1. The minimum atomic E-state index is -0.949. The summed E-state index contributed by atoms with van der Waals surface area (Å²) in [7, 11) is 0. The van der Waals surface area contributed by atoms with Crippen molar-refractivity contribution >= 4 is 12.1 Å². The van der Waals surface area contributed by atoms with Crippen molar-refractivity contribution < 1.29 is 19.4 Å². The van der Waals surface area contributed by atoms with Gasteiger partial charge in [-0.2, -0.15) is 0 Å². The van der Waals surface area contributed by atoms with Crippen molar-refractivity contribution in [3.05, 3.63) is 29.6 Å². The van der Waals surface area contributed by atoms with Crippen molar-refractivity contribution in [2.24, 2.45) is 5.92 Å². The summed E-state index contributed by atoms with van der Waals surface area (Å²) < 4.78 is 5.40. The Balaban J connectivity index is 1.78. The number of likely N-dealkylation sites (tertiary alicyclic amines) is 1. The number of amides is 1. The summed E-state index contributed by atoms with van der Waals surface area (Å²) in [6.07, 6.45) is 6.54. The predicted molar refractivity (Wildman–Crippen MR) is 90.0 cm³/mol. The van der Waals surface area contributed by atoms with Crippen LogP contribution in [-0.2, 0) is 11.2 Å². The second-order valence-electron chi connectivity index (χ2n) is 7.34. The van der Waals surface area contributed by atoms with Crippen LogP contribution in [0.15, 0.2) is 18.5 Å². The van der Waals surface area contributed by atoms with Crippen molar-refractivity contribution in [1.82, 2.24) is 9.88 Å². The van der Waals surface area contributed by atoms with Crippen LogP contribution in [-0.4, -0.2) is 45.7 Å². The van der Waals surface area contributed by atoms with E-state index in [4.69, 9.17) is 9.84 Å². The molecule has 0 aliphatic carbocycles. The molecule has 6 heteroatoms. The molecular weight excluding hydrogens is 308 g/mol. The highest BCUT2D eigenvalue weighted by atomic mass is 16.6. The van der Waals surface area contributed by atoms with Crippen molar-refractivity contribution in [1.29, 1.82) is 0 Å². The van der Waals surface area contributed by atoms with E-state index in [1.165, 1.54) is 6.20 Å². The van der Waals surface area contributed by atoms with Gasteiger partial charge in [-0.1, -0.05) is 0 Å². The van der Waals surface area contributed by atoms with Gasteiger partial charge in [-0.05, 0) is 64.0 Å². The fourth-order valence-corrected chi connectivity index (χ4v) is 2.84. The normalized spacial score (nSPS) is 16.0. The van der Waals surface area contributed by atoms with Gasteiger partial charge in [-0.25, -0.2) is 9.59 Å². The number of piperidine rings is 1. The number of aromatic nitrogens is 1. The number of rotatable bonds is 4. The summed E-state index contributed by atoms with van der Waals surface area (Å²) in [4.78, 5) is 28.8. The maximum atomic E-state index is 12.0. The topological polar surface area (TPSA) is 79.7 Å². The van der Waals surface area contributed by atoms with E-state index >= 15 is 0 Å². The molecule has 1 aliphatic heterocycles. The van der Waals surface area contributed by atoms with E-state index in [9.17, 15) is 9.59 Å². The number of carbonyl (C=O) groups is 2. The molecule has 0 bridgehead atoms. The molecule has 0 unspecified atom stereocenters. The molecule has 1 fully saturated rings. The fourth-order valence-electron chi connectivity index (χ4n) is 2.84. The van der Waals surface area contributed by atoms with E-state index in [1.54, 1.807) is 17.2 Å². The van der Waals surface area contributed by atoms with Gasteiger partial charge in [-0.15, -0.1) is 0 Å². The molecule has 2 rings (SSSR count). The number of nitrogens with zero attached hydrogens (tertiary/aromatic N) is 2. The fraction of sp³-hybridized carbons (Fsp3) is 0.611. The highest BCUT2D eigenvalue weighted by molar-refractivity contribution is 5.87. The molecule has 1 N–H and O–H groups in total. The molecule has 1 aromatic rings. The number of carbonyl (C=O) groups excluding carboxylic acids is 1. The Morgan fingerprint density at radius 2 is 1.96 bits per heavy atom. The number of aryl methyl sites for hydroxylation is 1. The maximum Gasteiger partial charge on any atom is 0.410 e. The van der Waals surface area contributed by atoms with Crippen molar-refractivity contribution in [2.75, 3.05) is 13.1 Å². The minimum Gasteiger partial charge on any atom is -0.478 e. The lowest BCUT2D eigenvalue weighted by molar-refractivity contribution is 0.0181. The highest BCUT2D eigenvalue weighted by Crippen LogP contribution is 2.23. The molecule has 6 nitrogen and oxygen atoms in total. The molecule has 0 spiro atoms. The van der Waals surface area contributed by atoms with Crippen LogP contribution in [0.2, 0.25) is 0 Å². The number of hydrogen-bond acceptors (Lipinski definition) is 4. The lowest BCUT2D eigenvalue weighted by Gasteiger charge is -2.33. The number of pyridine rings is 1. The molecule has 0 saturated carbocycles. The van der Waals surface area contributed by atoms with Gasteiger partial charge in [0.05, 0.1) is 5.56 Å². The summed E-state index contributed by atoms with van der Waals surface area (Å²) in [6.45, 7) is 7.05. The van der Waals surface area contributed by atoms with E-state index in [1.807, 2.05) is 20.8 Å². The predicted octanol–water partition coefficient (Wildman–Crippen LogP) is 3.36. The first-order chi connectivity index (χ1) is 11.2. The van der Waals surface area contributed by atoms with Gasteiger partial charge in [-0.3, -0.25) is 4.98 Å². The third-order valence-corrected chi connectivity index (χ3v) is 4.15. The zero-order valence-corrected chi connectivity index (χ0v) is 14.6. The largest absolute Gasteiger partial charge is 0.478 e. The van der Waals surface area contributed by atoms with Crippen molar-refractivity contribution in [3.63, 3.8) is 0 Å². The quantitative estimate of drug-likeness (QED) is 0.913. The van der Waals surface area contributed by atoms with Crippen LogP contribution in [0.25, 0.3) is 0 Å². The van der Waals surface area contributed by atoms with Crippen LogP contribution < -0.4 is 0 Å². The Morgan fingerprint density at radius 3 is 2.54 bits per heavy atom. The first kappa shape index (κ1) is 18.2. The summed E-state index contributed by atoms with van der Waals surface area (Å²) in [5.74, 6) is -0.410. The summed E-state index contributed by atoms with van der Waals surface area (Å²) in [5.41, 5.74) is 0.715. The third-order valence-electron chi connectivity index (χ3n) is 4.15. The molecule has 2 heterocycles. The van der Waals surface area contributed by atoms with Crippen LogP contribution in [0.1, 0.15) is 56.0 Å². The molecule has 132 valence electrons. The monoisotopic (exact) mass is 334 g/mol. The molecule has 1 saturated heterocycles. The van der Waals surface area contributed by atoms with Crippen LogP contribution in [0, 0.1) is 5.92 Å². The van der Waals surface area contributed by atoms with Crippen molar-refractivity contribution in [3.8, 4) is 0 Å². The lowest BCUT2D eigenvalue weighted by Crippen LogP contribution is -2.41. The number of aromatic carboxylic acids is 1. The minimum absolute atomic E-state index is 0.229. The van der Waals surface area contributed by atoms with Gasteiger partial charge in [0, 0.05) is 25.5 Å². The summed E-state index contributed by atoms with van der Waals surface area (Å²) in [5, 5.41) is 9.00. The summed E-state index contributed by atoms with van der Waals surface area (Å²) >= 11 is 0. The highest BCUT2D eigenvalue weighted by Gasteiger charge is 2.26. The van der Waals surface area contributed by atoms with E-state index in [0.717, 1.165) is 31.2 Å². The summed E-state index contributed by atoms with van der Waals surface area (Å²) in [6, 6.07) is 1.69. The number of carboxylic acid groups (broad SMARTS) is 1. The average molecular weight is 334 g/mol. The molecule has 0 aromatic carbocycles. The SMILES string of the molecule is CC(C)(C)OC(=O)N1CCC(CCc2cncc(C(=O)O)c2)CC1. The molecule has 0 radical (unpaired) electrons. The zero-order chi connectivity index (χ0) is 17.7. The van der Waals surface area contributed by atoms with Crippen LogP contribution in [0.4, 0.5) is 4.79 Å². The van der Waals surface area contributed by atoms with Crippen molar-refractivity contribution in [2.45, 2.75) is 52.1 Å². The smallest absolute Gasteiger partial charge is 0.410 e. The Labute approximate surface area is 142 Å². The maximum absolute atomic E-state index is 12.0. The molecular formula is C18H26N2O4. The van der Waals surface area contributed by atoms with Gasteiger partial charge >= 0.3 is 12.1 Å². The van der Waals surface area contributed by atoms with Crippen LogP contribution in [0.3, 0.4) is 0 Å². The van der Waals surface area contributed by atoms with Gasteiger partial charge < -0.3 is 14.7 Å². The average Bonchev–Trinajstić information content (AvgIpc) is 2.52.